The third-order valence-corrected chi connectivity index (χ3v) is 2.48. The minimum absolute atomic E-state index is 0.0569. The molecule has 1 saturated heterocycles. The van der Waals surface area contributed by atoms with Crippen LogP contribution in [0.25, 0.3) is 0 Å². The van der Waals surface area contributed by atoms with Crippen LogP contribution in [-0.2, 0) is 19.1 Å². The van der Waals surface area contributed by atoms with Gasteiger partial charge in [-0.1, -0.05) is 6.08 Å². The van der Waals surface area contributed by atoms with E-state index in [9.17, 15) is 9.59 Å². The number of hydrogen-bond acceptors (Lipinski definition) is 4. The molecule has 1 amide bonds. The highest BCUT2D eigenvalue weighted by Gasteiger charge is 2.32. The van der Waals surface area contributed by atoms with Crippen LogP contribution in [-0.4, -0.2) is 49.7 Å². The summed E-state index contributed by atoms with van der Waals surface area (Å²) in [7, 11) is 1.31. The maximum Gasteiger partial charge on any atom is 0.331 e. The van der Waals surface area contributed by atoms with Gasteiger partial charge in [-0.15, -0.1) is 6.58 Å². The molecule has 5 heteroatoms. The second-order valence-corrected chi connectivity index (χ2v) is 3.53. The first-order valence-corrected chi connectivity index (χ1v) is 5.26. The summed E-state index contributed by atoms with van der Waals surface area (Å²) in [6, 6.07) is -0.601. The van der Waals surface area contributed by atoms with Crippen LogP contribution in [0, 0.1) is 0 Å². The van der Waals surface area contributed by atoms with Gasteiger partial charge in [0.2, 0.25) is 5.91 Å². The molecule has 1 aliphatic rings. The van der Waals surface area contributed by atoms with Crippen LogP contribution >= 0.6 is 0 Å². The summed E-state index contributed by atoms with van der Waals surface area (Å²) >= 11 is 0. The van der Waals surface area contributed by atoms with Gasteiger partial charge in [-0.25, -0.2) is 4.79 Å². The Kier molecular flexibility index (Phi) is 4.98. The van der Waals surface area contributed by atoms with E-state index in [0.29, 0.717) is 26.0 Å². The average molecular weight is 227 g/mol. The zero-order valence-corrected chi connectivity index (χ0v) is 9.48. The number of allylic oxidation sites excluding steroid dienone is 1. The largest absolute Gasteiger partial charge is 0.467 e. The maximum absolute atomic E-state index is 11.8. The molecule has 0 bridgehead atoms. The second-order valence-electron chi connectivity index (χ2n) is 3.53. The number of methoxy groups -OCH3 is 1. The van der Waals surface area contributed by atoms with E-state index < -0.39 is 12.0 Å². The predicted octanol–water partition coefficient (Wildman–Crippen LogP) is 0.353. The molecule has 0 aromatic heterocycles. The SMILES string of the molecule is C=CCCC(=O)N1CCOCC1C(=O)OC. The zero-order valence-electron chi connectivity index (χ0n) is 9.48. The molecule has 16 heavy (non-hydrogen) atoms. The Morgan fingerprint density at radius 2 is 2.38 bits per heavy atom. The summed E-state index contributed by atoms with van der Waals surface area (Å²) in [4.78, 5) is 24.8. The van der Waals surface area contributed by atoms with Crippen molar-refractivity contribution in [3.05, 3.63) is 12.7 Å². The number of rotatable bonds is 4. The van der Waals surface area contributed by atoms with Crippen molar-refractivity contribution in [3.63, 3.8) is 0 Å². The molecule has 0 spiro atoms. The van der Waals surface area contributed by atoms with E-state index >= 15 is 0 Å². The van der Waals surface area contributed by atoms with Gasteiger partial charge in [0.1, 0.15) is 0 Å². The van der Waals surface area contributed by atoms with E-state index in [0.717, 1.165) is 0 Å². The summed E-state index contributed by atoms with van der Waals surface area (Å²) in [5, 5.41) is 0. The number of ether oxygens (including phenoxy) is 2. The highest BCUT2D eigenvalue weighted by molar-refractivity contribution is 5.84. The molecule has 1 aliphatic heterocycles. The first kappa shape index (κ1) is 12.7. The summed E-state index contributed by atoms with van der Waals surface area (Å²) in [5.74, 6) is -0.481. The lowest BCUT2D eigenvalue weighted by Crippen LogP contribution is -2.52. The topological polar surface area (TPSA) is 55.8 Å². The van der Waals surface area contributed by atoms with Crippen molar-refractivity contribution in [1.82, 2.24) is 4.90 Å². The molecule has 1 fully saturated rings. The van der Waals surface area contributed by atoms with Crippen LogP contribution in [0.3, 0.4) is 0 Å². The minimum atomic E-state index is -0.601. The molecule has 90 valence electrons. The summed E-state index contributed by atoms with van der Waals surface area (Å²) in [6.45, 7) is 4.68. The van der Waals surface area contributed by atoms with Crippen LogP contribution in [0.4, 0.5) is 0 Å². The number of carbonyl (C=O) groups excluding carboxylic acids is 2. The van der Waals surface area contributed by atoms with E-state index in [1.165, 1.54) is 12.0 Å². The summed E-state index contributed by atoms with van der Waals surface area (Å²) in [5.41, 5.74) is 0. The fourth-order valence-electron chi connectivity index (χ4n) is 1.60. The number of nitrogens with zero attached hydrogens (tertiary/aromatic N) is 1. The Hall–Kier alpha value is -1.36. The molecular formula is C11H17NO4. The summed E-state index contributed by atoms with van der Waals surface area (Å²) < 4.78 is 9.82. The second kappa shape index (κ2) is 6.27. The van der Waals surface area contributed by atoms with Crippen LogP contribution < -0.4 is 0 Å². The number of amides is 1. The van der Waals surface area contributed by atoms with Crippen molar-refractivity contribution in [2.45, 2.75) is 18.9 Å². The lowest BCUT2D eigenvalue weighted by atomic mass is 10.2. The van der Waals surface area contributed by atoms with E-state index in [-0.39, 0.29) is 12.5 Å². The lowest BCUT2D eigenvalue weighted by Gasteiger charge is -2.33. The lowest BCUT2D eigenvalue weighted by molar-refractivity contribution is -0.160. The maximum atomic E-state index is 11.8. The third-order valence-electron chi connectivity index (χ3n) is 2.48. The molecule has 1 heterocycles. The fraction of sp³-hybridized carbons (Fsp3) is 0.636. The molecule has 0 aromatic carbocycles. The van der Waals surface area contributed by atoms with E-state index in [2.05, 4.69) is 11.3 Å². The summed E-state index contributed by atoms with van der Waals surface area (Å²) in [6.07, 6.45) is 2.67. The molecule has 0 saturated carbocycles. The van der Waals surface area contributed by atoms with Gasteiger partial charge in [-0.2, -0.15) is 0 Å². The Morgan fingerprint density at radius 1 is 1.62 bits per heavy atom. The molecule has 0 aliphatic carbocycles. The predicted molar refractivity (Wildman–Crippen MR) is 57.8 cm³/mol. The van der Waals surface area contributed by atoms with Crippen LogP contribution in [0.1, 0.15) is 12.8 Å². The van der Waals surface area contributed by atoms with Crippen molar-refractivity contribution >= 4 is 11.9 Å². The first-order valence-electron chi connectivity index (χ1n) is 5.26. The van der Waals surface area contributed by atoms with Gasteiger partial charge in [-0.3, -0.25) is 4.79 Å². The van der Waals surface area contributed by atoms with E-state index in [1.807, 2.05) is 0 Å². The standard InChI is InChI=1S/C11H17NO4/c1-3-4-5-10(13)12-6-7-16-8-9(12)11(14)15-2/h3,9H,1,4-8H2,2H3. The van der Waals surface area contributed by atoms with E-state index in [4.69, 9.17) is 4.74 Å². The molecule has 1 unspecified atom stereocenters. The van der Waals surface area contributed by atoms with Crippen molar-refractivity contribution in [1.29, 1.82) is 0 Å². The first-order chi connectivity index (χ1) is 7.70. The Balaban J connectivity index is 2.62. The molecule has 0 aromatic rings. The van der Waals surface area contributed by atoms with Crippen LogP contribution in [0.5, 0.6) is 0 Å². The molecule has 1 rings (SSSR count). The van der Waals surface area contributed by atoms with Crippen molar-refractivity contribution in [2.24, 2.45) is 0 Å². The molecule has 5 nitrogen and oxygen atoms in total. The number of morpholine rings is 1. The Bertz CT molecular complexity index is 277. The van der Waals surface area contributed by atoms with Gasteiger partial charge in [-0.05, 0) is 6.42 Å². The average Bonchev–Trinajstić information content (AvgIpc) is 2.35. The Morgan fingerprint density at radius 3 is 3.00 bits per heavy atom. The van der Waals surface area contributed by atoms with Crippen LogP contribution in [0.2, 0.25) is 0 Å². The number of hydrogen-bond donors (Lipinski definition) is 0. The molecular weight excluding hydrogens is 210 g/mol. The van der Waals surface area contributed by atoms with Crippen LogP contribution in [0.15, 0.2) is 12.7 Å². The number of carbonyl (C=O) groups is 2. The van der Waals surface area contributed by atoms with Gasteiger partial charge in [0.15, 0.2) is 6.04 Å². The van der Waals surface area contributed by atoms with Gasteiger partial charge in [0.25, 0.3) is 0 Å². The van der Waals surface area contributed by atoms with Gasteiger partial charge < -0.3 is 14.4 Å². The Labute approximate surface area is 95.0 Å². The molecule has 0 radical (unpaired) electrons. The van der Waals surface area contributed by atoms with Gasteiger partial charge in [0, 0.05) is 13.0 Å². The number of esters is 1. The third kappa shape index (κ3) is 3.06. The van der Waals surface area contributed by atoms with Gasteiger partial charge >= 0.3 is 5.97 Å². The highest BCUT2D eigenvalue weighted by Crippen LogP contribution is 2.11. The van der Waals surface area contributed by atoms with E-state index in [1.54, 1.807) is 6.08 Å². The van der Waals surface area contributed by atoms with Crippen molar-refractivity contribution < 1.29 is 19.1 Å². The van der Waals surface area contributed by atoms with Crippen molar-refractivity contribution in [3.8, 4) is 0 Å². The minimum Gasteiger partial charge on any atom is -0.467 e. The molecule has 0 N–H and O–H groups in total. The van der Waals surface area contributed by atoms with Gasteiger partial charge in [0.05, 0.1) is 20.3 Å². The van der Waals surface area contributed by atoms with Crippen molar-refractivity contribution in [2.75, 3.05) is 26.9 Å². The molecule has 1 atom stereocenters. The normalized spacial score (nSPS) is 20.3. The fourth-order valence-corrected chi connectivity index (χ4v) is 1.60. The highest BCUT2D eigenvalue weighted by atomic mass is 16.5. The quantitative estimate of drug-likeness (QED) is 0.514. The zero-order chi connectivity index (χ0) is 12.0. The monoisotopic (exact) mass is 227 g/mol. The smallest absolute Gasteiger partial charge is 0.331 e.